The number of carboxylic acids is 1. The predicted octanol–water partition coefficient (Wildman–Crippen LogP) is 1.85. The molecule has 0 radical (unpaired) electrons. The average Bonchev–Trinajstić information content (AvgIpc) is 2.97. The van der Waals surface area contributed by atoms with Crippen molar-refractivity contribution in [2.75, 3.05) is 26.2 Å². The number of rotatable bonds is 7. The molecular weight excluding hydrogens is 324 g/mol. The van der Waals surface area contributed by atoms with E-state index >= 15 is 0 Å². The first-order valence-corrected chi connectivity index (χ1v) is 9.78. The van der Waals surface area contributed by atoms with Gasteiger partial charge in [0.1, 0.15) is 4.88 Å². The zero-order chi connectivity index (χ0) is 16.2. The van der Waals surface area contributed by atoms with Crippen LogP contribution >= 0.6 is 11.3 Å². The maximum atomic E-state index is 12.2. The minimum absolute atomic E-state index is 0.0278. The van der Waals surface area contributed by atoms with Crippen LogP contribution in [0.4, 0.5) is 0 Å². The summed E-state index contributed by atoms with van der Waals surface area (Å²) >= 11 is 0.920. The molecule has 2 rings (SSSR count). The first-order valence-electron chi connectivity index (χ1n) is 7.42. The van der Waals surface area contributed by atoms with Crippen LogP contribution in [0.2, 0.25) is 0 Å². The van der Waals surface area contributed by atoms with E-state index in [0.29, 0.717) is 6.54 Å². The van der Waals surface area contributed by atoms with Gasteiger partial charge in [0.15, 0.2) is 0 Å². The Morgan fingerprint density at radius 1 is 1.41 bits per heavy atom. The highest BCUT2D eigenvalue weighted by atomic mass is 32.2. The van der Waals surface area contributed by atoms with E-state index in [2.05, 4.69) is 9.62 Å². The number of carbonyl (C=O) groups is 1. The van der Waals surface area contributed by atoms with Crippen molar-refractivity contribution in [3.63, 3.8) is 0 Å². The van der Waals surface area contributed by atoms with Crippen molar-refractivity contribution in [3.05, 3.63) is 16.3 Å². The van der Waals surface area contributed by atoms with Gasteiger partial charge < -0.3 is 10.0 Å². The van der Waals surface area contributed by atoms with E-state index in [1.807, 2.05) is 6.92 Å². The summed E-state index contributed by atoms with van der Waals surface area (Å²) in [6.07, 6.45) is 3.71. The largest absolute Gasteiger partial charge is 0.477 e. The monoisotopic (exact) mass is 346 g/mol. The number of sulfonamides is 1. The smallest absolute Gasteiger partial charge is 0.345 e. The maximum absolute atomic E-state index is 12.2. The molecule has 1 atom stereocenters. The van der Waals surface area contributed by atoms with Gasteiger partial charge in [0.25, 0.3) is 0 Å². The van der Waals surface area contributed by atoms with Gasteiger partial charge in [-0.05, 0) is 37.9 Å². The fourth-order valence-electron chi connectivity index (χ4n) is 2.55. The van der Waals surface area contributed by atoms with Crippen molar-refractivity contribution in [2.45, 2.75) is 31.1 Å². The number of carboxylic acid groups (broad SMARTS) is 1. The Kier molecular flexibility index (Phi) is 5.96. The van der Waals surface area contributed by atoms with Crippen LogP contribution < -0.4 is 4.72 Å². The number of nitrogens with one attached hydrogen (secondary N) is 1. The molecule has 6 nitrogen and oxygen atoms in total. The van der Waals surface area contributed by atoms with Gasteiger partial charge in [0, 0.05) is 18.5 Å². The molecule has 1 saturated heterocycles. The Labute approximate surface area is 135 Å². The number of thiophene rings is 1. The van der Waals surface area contributed by atoms with Crippen LogP contribution in [0, 0.1) is 5.92 Å². The lowest BCUT2D eigenvalue weighted by Crippen LogP contribution is -2.37. The van der Waals surface area contributed by atoms with E-state index in [1.54, 1.807) is 0 Å². The van der Waals surface area contributed by atoms with Crippen LogP contribution in [0.1, 0.15) is 35.9 Å². The van der Waals surface area contributed by atoms with Gasteiger partial charge in [-0.1, -0.05) is 13.3 Å². The van der Waals surface area contributed by atoms with E-state index < -0.39 is 16.0 Å². The molecule has 0 bridgehead atoms. The molecule has 0 saturated carbocycles. The Hall–Kier alpha value is -0.960. The van der Waals surface area contributed by atoms with Crippen LogP contribution in [-0.2, 0) is 10.0 Å². The van der Waals surface area contributed by atoms with Gasteiger partial charge in [0.05, 0.1) is 4.90 Å². The van der Waals surface area contributed by atoms with E-state index in [9.17, 15) is 13.2 Å². The van der Waals surface area contributed by atoms with Gasteiger partial charge in [0.2, 0.25) is 10.0 Å². The molecule has 1 aromatic heterocycles. The van der Waals surface area contributed by atoms with Crippen molar-refractivity contribution in [2.24, 2.45) is 5.92 Å². The van der Waals surface area contributed by atoms with E-state index in [-0.39, 0.29) is 15.7 Å². The van der Waals surface area contributed by atoms with Crippen molar-refractivity contribution >= 4 is 27.3 Å². The third kappa shape index (κ3) is 4.77. The summed E-state index contributed by atoms with van der Waals surface area (Å²) in [5, 5.41) is 10.2. The fourth-order valence-corrected chi connectivity index (χ4v) is 4.83. The van der Waals surface area contributed by atoms with E-state index in [1.165, 1.54) is 30.7 Å². The normalized spacial score (nSPS) is 18.2. The highest BCUT2D eigenvalue weighted by Gasteiger charge is 2.20. The molecule has 22 heavy (non-hydrogen) atoms. The molecule has 0 aromatic carbocycles. The number of hydrogen-bond acceptors (Lipinski definition) is 5. The molecular formula is C14H22N2O4S2. The highest BCUT2D eigenvalue weighted by Crippen LogP contribution is 2.19. The van der Waals surface area contributed by atoms with Gasteiger partial charge in [-0.15, -0.1) is 11.3 Å². The molecule has 1 unspecified atom stereocenters. The summed E-state index contributed by atoms with van der Waals surface area (Å²) < 4.78 is 26.9. The summed E-state index contributed by atoms with van der Waals surface area (Å²) in [5.74, 6) is -0.893. The lowest BCUT2D eigenvalue weighted by molar-refractivity contribution is 0.0702. The molecule has 2 N–H and O–H groups in total. The quantitative estimate of drug-likeness (QED) is 0.787. The van der Waals surface area contributed by atoms with E-state index in [4.69, 9.17) is 5.11 Å². The first-order chi connectivity index (χ1) is 10.4. The Balaban J connectivity index is 1.86. The molecule has 2 heterocycles. The molecule has 1 aromatic rings. The lowest BCUT2D eigenvalue weighted by Gasteiger charge is -2.29. The third-order valence-electron chi connectivity index (χ3n) is 3.74. The third-order valence-corrected chi connectivity index (χ3v) is 6.21. The van der Waals surface area contributed by atoms with Crippen molar-refractivity contribution in [1.29, 1.82) is 0 Å². The second kappa shape index (κ2) is 7.54. The summed E-state index contributed by atoms with van der Waals surface area (Å²) in [7, 11) is -3.63. The lowest BCUT2D eigenvalue weighted by atomic mass is 10.1. The number of likely N-dealkylation sites (tertiary alicyclic amines) is 1. The summed E-state index contributed by atoms with van der Waals surface area (Å²) in [5.41, 5.74) is 0. The Bertz CT molecular complexity index is 606. The minimum Gasteiger partial charge on any atom is -0.477 e. The second-order valence-corrected chi connectivity index (χ2v) is 8.45. The standard InChI is InChI=1S/C14H22N2O4S2/c1-11(9-16-5-3-2-4-6-16)8-15-22(19,20)12-7-13(14(17)18)21-10-12/h7,10-11,15H,2-6,8-9H2,1H3,(H,17,18). The Morgan fingerprint density at radius 3 is 2.68 bits per heavy atom. The maximum Gasteiger partial charge on any atom is 0.345 e. The van der Waals surface area contributed by atoms with Crippen LogP contribution in [-0.4, -0.2) is 50.6 Å². The van der Waals surface area contributed by atoms with Crippen LogP contribution in [0.3, 0.4) is 0 Å². The molecule has 0 spiro atoms. The zero-order valence-corrected chi connectivity index (χ0v) is 14.3. The summed E-state index contributed by atoms with van der Waals surface area (Å²) in [6, 6.07) is 1.20. The van der Waals surface area contributed by atoms with Gasteiger partial charge >= 0.3 is 5.97 Å². The average molecular weight is 346 g/mol. The molecule has 0 amide bonds. The molecule has 124 valence electrons. The number of hydrogen-bond donors (Lipinski definition) is 2. The SMILES string of the molecule is CC(CNS(=O)(=O)c1csc(C(=O)O)c1)CN1CCCCC1. The molecule has 1 fully saturated rings. The number of nitrogens with zero attached hydrogens (tertiary/aromatic N) is 1. The van der Waals surface area contributed by atoms with Gasteiger partial charge in [-0.2, -0.15) is 0 Å². The summed E-state index contributed by atoms with van der Waals surface area (Å²) in [6.45, 7) is 5.43. The van der Waals surface area contributed by atoms with Crippen LogP contribution in [0.15, 0.2) is 16.3 Å². The summed E-state index contributed by atoms with van der Waals surface area (Å²) in [4.78, 5) is 13.2. The first kappa shape index (κ1) is 17.4. The topological polar surface area (TPSA) is 86.7 Å². The molecule has 1 aliphatic heterocycles. The van der Waals surface area contributed by atoms with Gasteiger partial charge in [-0.25, -0.2) is 17.9 Å². The molecule has 0 aliphatic carbocycles. The van der Waals surface area contributed by atoms with E-state index in [0.717, 1.165) is 31.0 Å². The fraction of sp³-hybridized carbons (Fsp3) is 0.643. The molecule has 8 heteroatoms. The highest BCUT2D eigenvalue weighted by molar-refractivity contribution is 7.89. The van der Waals surface area contributed by atoms with Crippen molar-refractivity contribution < 1.29 is 18.3 Å². The van der Waals surface area contributed by atoms with Crippen LogP contribution in [0.5, 0.6) is 0 Å². The minimum atomic E-state index is -3.63. The van der Waals surface area contributed by atoms with Crippen molar-refractivity contribution in [3.8, 4) is 0 Å². The van der Waals surface area contributed by atoms with Gasteiger partial charge in [-0.3, -0.25) is 0 Å². The molecule has 1 aliphatic rings. The second-order valence-electron chi connectivity index (χ2n) is 5.77. The Morgan fingerprint density at radius 2 is 2.09 bits per heavy atom. The number of aromatic carboxylic acids is 1. The van der Waals surface area contributed by atoms with Crippen LogP contribution in [0.25, 0.3) is 0 Å². The number of piperidine rings is 1. The zero-order valence-electron chi connectivity index (χ0n) is 12.6. The van der Waals surface area contributed by atoms with Crippen molar-refractivity contribution in [1.82, 2.24) is 9.62 Å². The predicted molar refractivity (Wildman–Crippen MR) is 85.9 cm³/mol.